The number of hydrogen-bond acceptors (Lipinski definition) is 4. The second-order valence-corrected chi connectivity index (χ2v) is 3.54. The van der Waals surface area contributed by atoms with Gasteiger partial charge in [0.05, 0.1) is 12.7 Å². The summed E-state index contributed by atoms with van der Waals surface area (Å²) in [5, 5.41) is 9.37. The number of ketones is 1. The van der Waals surface area contributed by atoms with Crippen LogP contribution in [0.5, 0.6) is 0 Å². The fourth-order valence-corrected chi connectivity index (χ4v) is 0.914. The summed E-state index contributed by atoms with van der Waals surface area (Å²) in [6.45, 7) is 5.61. The van der Waals surface area contributed by atoms with Crippen molar-refractivity contribution in [3.63, 3.8) is 0 Å². The number of carbonyl (C=O) groups excluding carboxylic acids is 2. The molecule has 4 heteroatoms. The smallest absolute Gasteiger partial charge is 0.313 e. The lowest BCUT2D eigenvalue weighted by atomic mass is 10.0. The Hall–Kier alpha value is -0.900. The number of ether oxygens (including phenoxy) is 1. The summed E-state index contributed by atoms with van der Waals surface area (Å²) >= 11 is 0. The molecule has 14 heavy (non-hydrogen) atoms. The molecule has 0 aliphatic carbocycles. The van der Waals surface area contributed by atoms with Gasteiger partial charge in [-0.05, 0) is 12.8 Å². The highest BCUT2D eigenvalue weighted by molar-refractivity contribution is 5.95. The van der Waals surface area contributed by atoms with Crippen LogP contribution in [0.2, 0.25) is 0 Å². The molecule has 0 fully saturated rings. The van der Waals surface area contributed by atoms with Gasteiger partial charge in [-0.1, -0.05) is 13.8 Å². The lowest BCUT2D eigenvalue weighted by molar-refractivity contribution is -0.145. The van der Waals surface area contributed by atoms with E-state index in [1.54, 1.807) is 6.92 Å². The van der Waals surface area contributed by atoms with Crippen LogP contribution in [0.1, 0.15) is 33.6 Å². The first-order valence-corrected chi connectivity index (χ1v) is 4.82. The predicted molar refractivity (Wildman–Crippen MR) is 51.7 cm³/mol. The lowest BCUT2D eigenvalue weighted by Crippen LogP contribution is -2.21. The van der Waals surface area contributed by atoms with Crippen LogP contribution in [0.25, 0.3) is 0 Å². The van der Waals surface area contributed by atoms with Gasteiger partial charge in [-0.15, -0.1) is 0 Å². The third-order valence-corrected chi connectivity index (χ3v) is 1.85. The molecule has 0 aromatic rings. The van der Waals surface area contributed by atoms with E-state index in [1.165, 1.54) is 0 Å². The molecule has 0 bridgehead atoms. The number of hydrogen-bond donors (Lipinski definition) is 1. The fourth-order valence-electron chi connectivity index (χ4n) is 0.914. The van der Waals surface area contributed by atoms with Gasteiger partial charge in [0.15, 0.2) is 0 Å². The summed E-state index contributed by atoms with van der Waals surface area (Å²) in [6.07, 6.45) is -0.884. The zero-order chi connectivity index (χ0) is 11.1. The molecule has 4 nitrogen and oxygen atoms in total. The Labute approximate surface area is 84.3 Å². The monoisotopic (exact) mass is 202 g/mol. The third-order valence-electron chi connectivity index (χ3n) is 1.85. The van der Waals surface area contributed by atoms with Crippen molar-refractivity contribution in [2.45, 2.75) is 39.7 Å². The van der Waals surface area contributed by atoms with E-state index in [0.29, 0.717) is 0 Å². The van der Waals surface area contributed by atoms with Crippen LogP contribution in [-0.2, 0) is 14.3 Å². The van der Waals surface area contributed by atoms with Gasteiger partial charge in [0.2, 0.25) is 0 Å². The van der Waals surface area contributed by atoms with Crippen molar-refractivity contribution >= 4 is 11.8 Å². The largest absolute Gasteiger partial charge is 0.466 e. The van der Waals surface area contributed by atoms with Gasteiger partial charge in [0.25, 0.3) is 0 Å². The minimum Gasteiger partial charge on any atom is -0.466 e. The quantitative estimate of drug-likeness (QED) is 0.513. The van der Waals surface area contributed by atoms with Gasteiger partial charge in [-0.25, -0.2) is 0 Å². The summed E-state index contributed by atoms with van der Waals surface area (Å²) in [6, 6.07) is 0. The molecule has 0 aromatic carbocycles. The third kappa shape index (κ3) is 5.70. The van der Waals surface area contributed by atoms with Gasteiger partial charge < -0.3 is 9.84 Å². The summed E-state index contributed by atoms with van der Waals surface area (Å²) < 4.78 is 4.61. The van der Waals surface area contributed by atoms with Gasteiger partial charge >= 0.3 is 5.97 Å². The molecule has 0 amide bonds. The van der Waals surface area contributed by atoms with E-state index in [2.05, 4.69) is 4.74 Å². The molecule has 0 aliphatic rings. The van der Waals surface area contributed by atoms with Crippen LogP contribution < -0.4 is 0 Å². The van der Waals surface area contributed by atoms with Gasteiger partial charge in [-0.3, -0.25) is 9.59 Å². The predicted octanol–water partition coefficient (Wildman–Crippen LogP) is 0.916. The van der Waals surface area contributed by atoms with Crippen molar-refractivity contribution in [2.75, 3.05) is 6.61 Å². The molecule has 0 saturated heterocycles. The molecule has 0 saturated carbocycles. The molecule has 0 spiro atoms. The molecule has 0 rings (SSSR count). The average molecular weight is 202 g/mol. The minimum atomic E-state index is -0.670. The van der Waals surface area contributed by atoms with Crippen LogP contribution in [0.15, 0.2) is 0 Å². The Kier molecular flexibility index (Phi) is 6.12. The van der Waals surface area contributed by atoms with E-state index in [1.807, 2.05) is 13.8 Å². The highest BCUT2D eigenvalue weighted by Crippen LogP contribution is 2.07. The van der Waals surface area contributed by atoms with Crippen molar-refractivity contribution in [2.24, 2.45) is 5.92 Å². The molecular formula is C10H18O4. The van der Waals surface area contributed by atoms with Crippen LogP contribution in [0.3, 0.4) is 0 Å². The topological polar surface area (TPSA) is 63.6 Å². The summed E-state index contributed by atoms with van der Waals surface area (Å²) in [4.78, 5) is 22.1. The lowest BCUT2D eigenvalue weighted by Gasteiger charge is -2.12. The van der Waals surface area contributed by atoms with Crippen LogP contribution >= 0.6 is 0 Å². The number of carbonyl (C=O) groups is 2. The molecule has 0 heterocycles. The summed E-state index contributed by atoms with van der Waals surface area (Å²) in [7, 11) is 0. The Balaban J connectivity index is 3.81. The van der Waals surface area contributed by atoms with E-state index in [0.717, 1.165) is 0 Å². The summed E-state index contributed by atoms with van der Waals surface area (Å²) in [5.74, 6) is -0.765. The molecule has 82 valence electrons. The van der Waals surface area contributed by atoms with Crippen LogP contribution in [0.4, 0.5) is 0 Å². The zero-order valence-electron chi connectivity index (χ0n) is 8.95. The van der Waals surface area contributed by atoms with Gasteiger partial charge in [0, 0.05) is 6.42 Å². The second-order valence-electron chi connectivity index (χ2n) is 3.54. The first-order valence-electron chi connectivity index (χ1n) is 4.82. The van der Waals surface area contributed by atoms with E-state index in [-0.39, 0.29) is 31.1 Å². The van der Waals surface area contributed by atoms with Crippen LogP contribution in [0, 0.1) is 5.92 Å². The van der Waals surface area contributed by atoms with Crippen molar-refractivity contribution in [1.29, 1.82) is 0 Å². The SMILES string of the molecule is CCOC(=O)CC(=O)CC(O)C(C)C. The maximum atomic E-state index is 11.2. The van der Waals surface area contributed by atoms with Crippen molar-refractivity contribution in [3.05, 3.63) is 0 Å². The van der Waals surface area contributed by atoms with Crippen molar-refractivity contribution in [1.82, 2.24) is 0 Å². The first-order chi connectivity index (χ1) is 6.47. The van der Waals surface area contributed by atoms with Gasteiger partial charge in [-0.2, -0.15) is 0 Å². The van der Waals surface area contributed by atoms with E-state index < -0.39 is 12.1 Å². The molecule has 0 aliphatic heterocycles. The molecule has 0 radical (unpaired) electrons. The standard InChI is InChI=1S/C10H18O4/c1-4-14-10(13)6-8(11)5-9(12)7(2)3/h7,9,12H,4-6H2,1-3H3. The summed E-state index contributed by atoms with van der Waals surface area (Å²) in [5.41, 5.74) is 0. The van der Waals surface area contributed by atoms with E-state index >= 15 is 0 Å². The molecule has 1 N–H and O–H groups in total. The normalized spacial score (nSPS) is 12.6. The highest BCUT2D eigenvalue weighted by Gasteiger charge is 2.17. The average Bonchev–Trinajstić information content (AvgIpc) is 2.03. The number of rotatable bonds is 6. The highest BCUT2D eigenvalue weighted by atomic mass is 16.5. The van der Waals surface area contributed by atoms with E-state index in [9.17, 15) is 14.7 Å². The molecule has 0 aromatic heterocycles. The Morgan fingerprint density at radius 2 is 1.93 bits per heavy atom. The number of aliphatic hydroxyl groups excluding tert-OH is 1. The van der Waals surface area contributed by atoms with Crippen molar-refractivity contribution in [3.8, 4) is 0 Å². The molecular weight excluding hydrogens is 184 g/mol. The number of aliphatic hydroxyl groups is 1. The Bertz CT molecular complexity index is 198. The zero-order valence-corrected chi connectivity index (χ0v) is 8.95. The Morgan fingerprint density at radius 3 is 2.36 bits per heavy atom. The minimum absolute atomic E-state index is 0.0243. The number of esters is 1. The maximum absolute atomic E-state index is 11.2. The fraction of sp³-hybridized carbons (Fsp3) is 0.800. The first kappa shape index (κ1) is 13.1. The number of Topliss-reactive ketones (excluding diaryl/α,β-unsaturated/α-hetero) is 1. The second kappa shape index (κ2) is 6.54. The van der Waals surface area contributed by atoms with Crippen molar-refractivity contribution < 1.29 is 19.4 Å². The molecule has 1 atom stereocenters. The maximum Gasteiger partial charge on any atom is 0.313 e. The van der Waals surface area contributed by atoms with Gasteiger partial charge in [0.1, 0.15) is 12.2 Å². The van der Waals surface area contributed by atoms with Crippen LogP contribution in [-0.4, -0.2) is 29.6 Å². The molecule has 1 unspecified atom stereocenters. The van der Waals surface area contributed by atoms with E-state index in [4.69, 9.17) is 0 Å². The Morgan fingerprint density at radius 1 is 1.36 bits per heavy atom.